The molecule has 0 amide bonds. The molecule has 1 aliphatic rings. The lowest BCUT2D eigenvalue weighted by Crippen LogP contribution is -2.44. The Morgan fingerprint density at radius 2 is 2.33 bits per heavy atom. The standard InChI is InChI=1S/C18H20N4O2/c1-13-9-20-22(10-13)12-17-11-21(5-6-24-17)18-7-15(14(2)23)3-4-16(18)8-19/h3-4,7,9-10,17H,5-6,11-12H2,1-2H3. The van der Waals surface area contributed by atoms with Gasteiger partial charge in [0.1, 0.15) is 6.07 Å². The molecule has 6 nitrogen and oxygen atoms in total. The fourth-order valence-corrected chi connectivity index (χ4v) is 2.93. The van der Waals surface area contributed by atoms with Gasteiger partial charge in [0.25, 0.3) is 0 Å². The van der Waals surface area contributed by atoms with Crippen molar-refractivity contribution in [3.8, 4) is 6.07 Å². The number of morpholine rings is 1. The number of nitrogens with zero attached hydrogens (tertiary/aromatic N) is 4. The number of aromatic nitrogens is 2. The van der Waals surface area contributed by atoms with Gasteiger partial charge in [0, 0.05) is 24.8 Å². The first-order chi connectivity index (χ1) is 11.6. The zero-order valence-electron chi connectivity index (χ0n) is 13.9. The van der Waals surface area contributed by atoms with Gasteiger partial charge in [0.05, 0.1) is 36.7 Å². The van der Waals surface area contributed by atoms with E-state index in [9.17, 15) is 10.1 Å². The third-order valence-corrected chi connectivity index (χ3v) is 4.16. The van der Waals surface area contributed by atoms with Crippen LogP contribution in [-0.2, 0) is 11.3 Å². The van der Waals surface area contributed by atoms with Crippen molar-refractivity contribution in [3.63, 3.8) is 0 Å². The maximum atomic E-state index is 11.7. The SMILES string of the molecule is CC(=O)c1ccc(C#N)c(N2CCOC(Cn3cc(C)cn3)C2)c1. The lowest BCUT2D eigenvalue weighted by molar-refractivity contribution is 0.0274. The molecule has 6 heteroatoms. The summed E-state index contributed by atoms with van der Waals surface area (Å²) in [4.78, 5) is 13.8. The van der Waals surface area contributed by atoms with Gasteiger partial charge >= 0.3 is 0 Å². The minimum absolute atomic E-state index is 0.00225. The molecule has 3 rings (SSSR count). The van der Waals surface area contributed by atoms with Crippen LogP contribution in [0.1, 0.15) is 28.4 Å². The second kappa shape index (κ2) is 6.85. The quantitative estimate of drug-likeness (QED) is 0.806. The number of rotatable bonds is 4. The van der Waals surface area contributed by atoms with Crippen molar-refractivity contribution >= 4 is 11.5 Å². The van der Waals surface area contributed by atoms with E-state index in [1.54, 1.807) is 18.2 Å². The molecule has 0 N–H and O–H groups in total. The molecule has 1 saturated heterocycles. The first-order valence-corrected chi connectivity index (χ1v) is 7.97. The Hall–Kier alpha value is -2.65. The molecule has 0 spiro atoms. The number of hydrogen-bond donors (Lipinski definition) is 0. The summed E-state index contributed by atoms with van der Waals surface area (Å²) >= 11 is 0. The fourth-order valence-electron chi connectivity index (χ4n) is 2.93. The summed E-state index contributed by atoms with van der Waals surface area (Å²) in [6.45, 7) is 6.15. The molecular weight excluding hydrogens is 304 g/mol. The van der Waals surface area contributed by atoms with Crippen molar-refractivity contribution in [2.45, 2.75) is 26.5 Å². The van der Waals surface area contributed by atoms with Crippen LogP contribution in [0.3, 0.4) is 0 Å². The zero-order chi connectivity index (χ0) is 17.1. The van der Waals surface area contributed by atoms with Gasteiger partial charge in [-0.2, -0.15) is 10.4 Å². The average Bonchev–Trinajstić information content (AvgIpc) is 2.99. The molecule has 1 unspecified atom stereocenters. The predicted molar refractivity (Wildman–Crippen MR) is 90.1 cm³/mol. The van der Waals surface area contributed by atoms with Crippen molar-refractivity contribution in [3.05, 3.63) is 47.3 Å². The molecule has 0 radical (unpaired) electrons. The third kappa shape index (κ3) is 3.47. The molecule has 1 aromatic heterocycles. The number of carbonyl (C=O) groups excluding carboxylic acids is 1. The summed E-state index contributed by atoms with van der Waals surface area (Å²) in [6, 6.07) is 7.44. The van der Waals surface area contributed by atoms with Crippen molar-refractivity contribution in [2.75, 3.05) is 24.6 Å². The van der Waals surface area contributed by atoms with Crippen LogP contribution in [0.25, 0.3) is 0 Å². The maximum absolute atomic E-state index is 11.7. The van der Waals surface area contributed by atoms with Gasteiger partial charge in [-0.05, 0) is 37.6 Å². The number of Topliss-reactive ketones (excluding diaryl/α,β-unsaturated/α-hetero) is 1. The van der Waals surface area contributed by atoms with E-state index in [1.807, 2.05) is 24.0 Å². The number of aryl methyl sites for hydroxylation is 1. The predicted octanol–water partition coefficient (Wildman–Crippen LogP) is 2.17. The first-order valence-electron chi connectivity index (χ1n) is 7.97. The van der Waals surface area contributed by atoms with Crippen LogP contribution in [0.2, 0.25) is 0 Å². The highest BCUT2D eigenvalue weighted by Gasteiger charge is 2.23. The molecule has 0 bridgehead atoms. The van der Waals surface area contributed by atoms with Gasteiger partial charge in [-0.3, -0.25) is 9.48 Å². The lowest BCUT2D eigenvalue weighted by atomic mass is 10.1. The van der Waals surface area contributed by atoms with E-state index < -0.39 is 0 Å². The monoisotopic (exact) mass is 324 g/mol. The second-order valence-corrected chi connectivity index (χ2v) is 6.08. The Morgan fingerprint density at radius 1 is 1.50 bits per heavy atom. The van der Waals surface area contributed by atoms with Gasteiger partial charge in [0.2, 0.25) is 0 Å². The Labute approximate surface area is 141 Å². The van der Waals surface area contributed by atoms with Crippen molar-refractivity contribution in [2.24, 2.45) is 0 Å². The summed E-state index contributed by atoms with van der Waals surface area (Å²) in [5.41, 5.74) is 3.11. The Morgan fingerprint density at radius 3 is 3.00 bits per heavy atom. The highest BCUT2D eigenvalue weighted by atomic mass is 16.5. The highest BCUT2D eigenvalue weighted by molar-refractivity contribution is 5.95. The summed E-state index contributed by atoms with van der Waals surface area (Å²) in [6.07, 6.45) is 3.80. The molecular formula is C18H20N4O2. The summed E-state index contributed by atoms with van der Waals surface area (Å²) < 4.78 is 7.72. The molecule has 24 heavy (non-hydrogen) atoms. The zero-order valence-corrected chi connectivity index (χ0v) is 13.9. The number of benzene rings is 1. The number of ketones is 1. The molecule has 1 fully saturated rings. The summed E-state index contributed by atoms with van der Waals surface area (Å²) in [5, 5.41) is 13.7. The van der Waals surface area contributed by atoms with Gasteiger partial charge in [-0.25, -0.2) is 0 Å². The van der Waals surface area contributed by atoms with Gasteiger partial charge in [-0.15, -0.1) is 0 Å². The smallest absolute Gasteiger partial charge is 0.159 e. The largest absolute Gasteiger partial charge is 0.373 e. The van der Waals surface area contributed by atoms with Gasteiger partial charge in [-0.1, -0.05) is 0 Å². The van der Waals surface area contributed by atoms with E-state index in [2.05, 4.69) is 16.1 Å². The van der Waals surface area contributed by atoms with Crippen LogP contribution >= 0.6 is 0 Å². The maximum Gasteiger partial charge on any atom is 0.159 e. The van der Waals surface area contributed by atoms with Crippen LogP contribution < -0.4 is 4.90 Å². The summed E-state index contributed by atoms with van der Waals surface area (Å²) in [5.74, 6) is -0.00225. The average molecular weight is 324 g/mol. The molecule has 2 heterocycles. The van der Waals surface area contributed by atoms with Crippen molar-refractivity contribution < 1.29 is 9.53 Å². The minimum Gasteiger partial charge on any atom is -0.373 e. The van der Waals surface area contributed by atoms with Crippen LogP contribution in [0.5, 0.6) is 0 Å². The molecule has 1 atom stereocenters. The van der Waals surface area contributed by atoms with E-state index in [1.165, 1.54) is 6.92 Å². The van der Waals surface area contributed by atoms with E-state index in [0.29, 0.717) is 37.4 Å². The van der Waals surface area contributed by atoms with Crippen molar-refractivity contribution in [1.82, 2.24) is 9.78 Å². The van der Waals surface area contributed by atoms with Crippen LogP contribution in [-0.4, -0.2) is 41.4 Å². The highest BCUT2D eigenvalue weighted by Crippen LogP contribution is 2.24. The van der Waals surface area contributed by atoms with Crippen molar-refractivity contribution in [1.29, 1.82) is 5.26 Å². The second-order valence-electron chi connectivity index (χ2n) is 6.08. The molecule has 1 aromatic carbocycles. The Kier molecular flexibility index (Phi) is 4.63. The van der Waals surface area contributed by atoms with Crippen LogP contribution in [0, 0.1) is 18.3 Å². The number of ether oxygens (including phenoxy) is 1. The van der Waals surface area contributed by atoms with Gasteiger partial charge in [0.15, 0.2) is 5.78 Å². The Bertz CT molecular complexity index is 791. The molecule has 2 aromatic rings. The summed E-state index contributed by atoms with van der Waals surface area (Å²) in [7, 11) is 0. The minimum atomic E-state index is -0.00872. The molecule has 0 aliphatic carbocycles. The molecule has 0 saturated carbocycles. The van der Waals surface area contributed by atoms with E-state index >= 15 is 0 Å². The first kappa shape index (κ1) is 16.2. The number of anilines is 1. The van der Waals surface area contributed by atoms with Crippen LogP contribution in [0.4, 0.5) is 5.69 Å². The lowest BCUT2D eigenvalue weighted by Gasteiger charge is -2.35. The number of hydrogen-bond acceptors (Lipinski definition) is 5. The van der Waals surface area contributed by atoms with E-state index in [0.717, 1.165) is 11.3 Å². The molecule has 124 valence electrons. The Balaban J connectivity index is 1.80. The molecule has 1 aliphatic heterocycles. The third-order valence-electron chi connectivity index (χ3n) is 4.16. The number of carbonyl (C=O) groups is 1. The normalized spacial score (nSPS) is 17.5. The van der Waals surface area contributed by atoms with E-state index in [-0.39, 0.29) is 11.9 Å². The fraction of sp³-hybridized carbons (Fsp3) is 0.389. The van der Waals surface area contributed by atoms with E-state index in [4.69, 9.17) is 4.74 Å². The van der Waals surface area contributed by atoms with Crippen LogP contribution in [0.15, 0.2) is 30.6 Å². The number of nitriles is 1. The topological polar surface area (TPSA) is 71.2 Å². The van der Waals surface area contributed by atoms with Gasteiger partial charge < -0.3 is 9.64 Å².